The van der Waals surface area contributed by atoms with Gasteiger partial charge in [0.15, 0.2) is 0 Å². The first-order chi connectivity index (χ1) is 7.20. The first kappa shape index (κ1) is 10.2. The highest BCUT2D eigenvalue weighted by Gasteiger charge is 2.25. The zero-order valence-electron chi connectivity index (χ0n) is 8.07. The van der Waals surface area contributed by atoms with Crippen LogP contribution in [-0.4, -0.2) is 17.7 Å². The number of halogens is 1. The largest absolute Gasteiger partial charge is 0.310 e. The standard InChI is InChI=1S/C11H10ClNO2/c12-10(14)11(15)13-7-3-5-8-4-1-2-6-9(8)13/h1-2,4,6H,3,5,7H2. The lowest BCUT2D eigenvalue weighted by Gasteiger charge is -2.28. The van der Waals surface area contributed by atoms with Gasteiger partial charge in [-0.2, -0.15) is 0 Å². The maximum atomic E-state index is 11.5. The SMILES string of the molecule is O=C(Cl)C(=O)N1CCCc2ccccc21. The number of anilines is 1. The molecule has 0 radical (unpaired) electrons. The van der Waals surface area contributed by atoms with Gasteiger partial charge < -0.3 is 4.90 Å². The lowest BCUT2D eigenvalue weighted by molar-refractivity contribution is -0.131. The highest BCUT2D eigenvalue weighted by Crippen LogP contribution is 2.26. The van der Waals surface area contributed by atoms with Gasteiger partial charge in [0.05, 0.1) is 0 Å². The van der Waals surface area contributed by atoms with E-state index in [1.54, 1.807) is 0 Å². The number of amides is 1. The fraction of sp³-hybridized carbons (Fsp3) is 0.273. The second-order valence-electron chi connectivity index (χ2n) is 3.46. The third kappa shape index (κ3) is 1.88. The van der Waals surface area contributed by atoms with E-state index in [-0.39, 0.29) is 0 Å². The van der Waals surface area contributed by atoms with E-state index in [4.69, 9.17) is 11.6 Å². The smallest absolute Gasteiger partial charge is 0.304 e. The summed E-state index contributed by atoms with van der Waals surface area (Å²) in [5.41, 5.74) is 1.90. The molecule has 78 valence electrons. The van der Waals surface area contributed by atoms with Gasteiger partial charge in [0.2, 0.25) is 0 Å². The van der Waals surface area contributed by atoms with Crippen LogP contribution in [0, 0.1) is 0 Å². The Balaban J connectivity index is 2.38. The molecule has 3 nitrogen and oxygen atoms in total. The summed E-state index contributed by atoms with van der Waals surface area (Å²) >= 11 is 5.20. The van der Waals surface area contributed by atoms with Gasteiger partial charge >= 0.3 is 11.1 Å². The molecule has 0 bridgehead atoms. The van der Waals surface area contributed by atoms with E-state index in [0.717, 1.165) is 24.1 Å². The van der Waals surface area contributed by atoms with Crippen molar-refractivity contribution in [3.8, 4) is 0 Å². The van der Waals surface area contributed by atoms with Crippen molar-refractivity contribution in [2.75, 3.05) is 11.4 Å². The lowest BCUT2D eigenvalue weighted by atomic mass is 10.0. The summed E-state index contributed by atoms with van der Waals surface area (Å²) in [6.07, 6.45) is 1.81. The Labute approximate surface area is 92.6 Å². The van der Waals surface area contributed by atoms with Crippen LogP contribution in [0.2, 0.25) is 0 Å². The van der Waals surface area contributed by atoms with Crippen molar-refractivity contribution in [1.82, 2.24) is 0 Å². The molecule has 0 saturated heterocycles. The third-order valence-corrected chi connectivity index (χ3v) is 2.69. The van der Waals surface area contributed by atoms with E-state index in [0.29, 0.717) is 6.54 Å². The van der Waals surface area contributed by atoms with Crippen LogP contribution in [0.15, 0.2) is 24.3 Å². The molecule has 0 unspecified atom stereocenters. The van der Waals surface area contributed by atoms with Crippen LogP contribution in [0.3, 0.4) is 0 Å². The lowest BCUT2D eigenvalue weighted by Crippen LogP contribution is -2.38. The van der Waals surface area contributed by atoms with Crippen molar-refractivity contribution in [2.24, 2.45) is 0 Å². The summed E-state index contributed by atoms with van der Waals surface area (Å²) in [5.74, 6) is -0.635. The second kappa shape index (κ2) is 4.03. The molecule has 0 aliphatic carbocycles. The van der Waals surface area contributed by atoms with Crippen LogP contribution < -0.4 is 4.90 Å². The summed E-state index contributed by atoms with van der Waals surface area (Å²) in [7, 11) is 0. The van der Waals surface area contributed by atoms with E-state index >= 15 is 0 Å². The van der Waals surface area contributed by atoms with Crippen LogP contribution in [0.25, 0.3) is 0 Å². The molecule has 1 heterocycles. The maximum Gasteiger partial charge on any atom is 0.310 e. The summed E-state index contributed by atoms with van der Waals surface area (Å²) in [6, 6.07) is 7.58. The van der Waals surface area contributed by atoms with Gasteiger partial charge in [0.1, 0.15) is 0 Å². The van der Waals surface area contributed by atoms with Crippen LogP contribution >= 0.6 is 11.6 Å². The number of aryl methyl sites for hydroxylation is 1. The number of nitrogens with zero attached hydrogens (tertiary/aromatic N) is 1. The Morgan fingerprint density at radius 1 is 1.27 bits per heavy atom. The van der Waals surface area contributed by atoms with E-state index < -0.39 is 11.1 Å². The molecule has 1 aromatic carbocycles. The number of fused-ring (bicyclic) bond motifs is 1. The van der Waals surface area contributed by atoms with Gasteiger partial charge in [-0.05, 0) is 36.1 Å². The van der Waals surface area contributed by atoms with Crippen molar-refractivity contribution >= 4 is 28.4 Å². The predicted octanol–water partition coefficient (Wildman–Crippen LogP) is 1.73. The fourth-order valence-corrected chi connectivity index (χ4v) is 1.95. The Morgan fingerprint density at radius 3 is 2.73 bits per heavy atom. The van der Waals surface area contributed by atoms with Gasteiger partial charge in [0.25, 0.3) is 0 Å². The minimum atomic E-state index is -0.924. The Hall–Kier alpha value is -1.35. The molecule has 0 N–H and O–H groups in total. The summed E-state index contributed by atoms with van der Waals surface area (Å²) in [4.78, 5) is 23.8. The second-order valence-corrected chi connectivity index (χ2v) is 3.81. The van der Waals surface area contributed by atoms with Gasteiger partial charge in [-0.15, -0.1) is 0 Å². The molecule has 0 saturated carbocycles. The molecule has 1 aromatic rings. The third-order valence-electron chi connectivity index (χ3n) is 2.52. The van der Waals surface area contributed by atoms with E-state index in [9.17, 15) is 9.59 Å². The Kier molecular flexibility index (Phi) is 2.73. The number of rotatable bonds is 1. The molecule has 15 heavy (non-hydrogen) atoms. The molecule has 4 heteroatoms. The van der Waals surface area contributed by atoms with Crippen LogP contribution in [-0.2, 0) is 16.0 Å². The first-order valence-electron chi connectivity index (χ1n) is 4.79. The number of carbonyl (C=O) groups excluding carboxylic acids is 2. The Morgan fingerprint density at radius 2 is 2.00 bits per heavy atom. The minimum absolute atomic E-state index is 0.564. The average Bonchev–Trinajstić information content (AvgIpc) is 2.27. The fourth-order valence-electron chi connectivity index (χ4n) is 1.85. The van der Waals surface area contributed by atoms with Gasteiger partial charge in [0, 0.05) is 12.2 Å². The highest BCUT2D eigenvalue weighted by molar-refractivity contribution is 6.82. The maximum absolute atomic E-state index is 11.5. The number of hydrogen-bond donors (Lipinski definition) is 0. The van der Waals surface area contributed by atoms with Gasteiger partial charge in [-0.1, -0.05) is 18.2 Å². The Bertz CT molecular complexity index is 417. The van der Waals surface area contributed by atoms with Crippen molar-refractivity contribution in [3.05, 3.63) is 29.8 Å². The zero-order chi connectivity index (χ0) is 10.8. The minimum Gasteiger partial charge on any atom is -0.304 e. The molecule has 0 spiro atoms. The molecule has 0 aromatic heterocycles. The predicted molar refractivity (Wildman–Crippen MR) is 58.0 cm³/mol. The number of para-hydroxylation sites is 1. The normalized spacial score (nSPS) is 14.6. The summed E-state index contributed by atoms with van der Waals surface area (Å²) in [5, 5.41) is -0.924. The molecule has 0 atom stereocenters. The molecular formula is C11H10ClNO2. The van der Waals surface area contributed by atoms with E-state index in [2.05, 4.69) is 0 Å². The van der Waals surface area contributed by atoms with Crippen molar-refractivity contribution in [3.63, 3.8) is 0 Å². The number of hydrogen-bond acceptors (Lipinski definition) is 2. The van der Waals surface area contributed by atoms with Crippen molar-refractivity contribution in [1.29, 1.82) is 0 Å². The van der Waals surface area contributed by atoms with Crippen molar-refractivity contribution < 1.29 is 9.59 Å². The first-order valence-corrected chi connectivity index (χ1v) is 5.17. The molecule has 1 amide bonds. The average molecular weight is 224 g/mol. The van der Waals surface area contributed by atoms with Crippen molar-refractivity contribution in [2.45, 2.75) is 12.8 Å². The molecule has 0 fully saturated rings. The summed E-state index contributed by atoms with van der Waals surface area (Å²) in [6.45, 7) is 0.564. The number of carbonyl (C=O) groups is 2. The zero-order valence-corrected chi connectivity index (χ0v) is 8.83. The van der Waals surface area contributed by atoms with Gasteiger partial charge in [-0.25, -0.2) is 0 Å². The number of benzene rings is 1. The summed E-state index contributed by atoms with van der Waals surface area (Å²) < 4.78 is 0. The van der Waals surface area contributed by atoms with Gasteiger partial charge in [-0.3, -0.25) is 9.59 Å². The van der Waals surface area contributed by atoms with E-state index in [1.807, 2.05) is 24.3 Å². The van der Waals surface area contributed by atoms with Crippen LogP contribution in [0.5, 0.6) is 0 Å². The molecular weight excluding hydrogens is 214 g/mol. The molecule has 1 aliphatic rings. The molecule has 1 aliphatic heterocycles. The topological polar surface area (TPSA) is 37.4 Å². The van der Waals surface area contributed by atoms with E-state index in [1.165, 1.54) is 4.90 Å². The van der Waals surface area contributed by atoms with Crippen LogP contribution in [0.1, 0.15) is 12.0 Å². The quantitative estimate of drug-likeness (QED) is 0.537. The monoisotopic (exact) mass is 223 g/mol. The highest BCUT2D eigenvalue weighted by atomic mass is 35.5. The molecule has 2 rings (SSSR count). The van der Waals surface area contributed by atoms with Crippen LogP contribution in [0.4, 0.5) is 5.69 Å².